The molecule has 7 heteroatoms. The van der Waals surface area contributed by atoms with E-state index in [9.17, 15) is 14.4 Å². The summed E-state index contributed by atoms with van der Waals surface area (Å²) in [6.45, 7) is 3.01. The number of hydrogen-bond acceptors (Lipinski definition) is 5. The zero-order valence-corrected chi connectivity index (χ0v) is 22.4. The van der Waals surface area contributed by atoms with Crippen molar-refractivity contribution in [1.82, 2.24) is 10.2 Å². The van der Waals surface area contributed by atoms with Gasteiger partial charge in [-0.2, -0.15) is 0 Å². The van der Waals surface area contributed by atoms with Crippen molar-refractivity contribution in [1.29, 1.82) is 0 Å². The second-order valence-electron chi connectivity index (χ2n) is 10.7. The fourth-order valence-electron chi connectivity index (χ4n) is 6.35. The van der Waals surface area contributed by atoms with Crippen LogP contribution in [0.5, 0.6) is 5.75 Å². The Morgan fingerprint density at radius 3 is 2.49 bits per heavy atom. The SMILES string of the molecule is CCOC(=O)[C@]12CCCCC/C=C\1N(Cc1ccc(OC)cc1)C(=O)[C@H]2CC(=O)NCC1CCCCC1. The highest BCUT2D eigenvalue weighted by Gasteiger charge is 2.61. The van der Waals surface area contributed by atoms with E-state index in [4.69, 9.17) is 9.47 Å². The molecule has 1 aromatic rings. The molecule has 37 heavy (non-hydrogen) atoms. The van der Waals surface area contributed by atoms with Gasteiger partial charge in [0.15, 0.2) is 0 Å². The fourth-order valence-corrected chi connectivity index (χ4v) is 6.35. The van der Waals surface area contributed by atoms with Gasteiger partial charge in [-0.15, -0.1) is 0 Å². The predicted molar refractivity (Wildman–Crippen MR) is 141 cm³/mol. The molecule has 1 aromatic carbocycles. The molecule has 4 rings (SSSR count). The molecule has 0 radical (unpaired) electrons. The Labute approximate surface area is 221 Å². The zero-order valence-electron chi connectivity index (χ0n) is 22.4. The maximum atomic E-state index is 14.1. The molecule has 202 valence electrons. The number of rotatable bonds is 9. The van der Waals surface area contributed by atoms with Gasteiger partial charge >= 0.3 is 5.97 Å². The highest BCUT2D eigenvalue weighted by atomic mass is 16.5. The molecule has 0 spiro atoms. The molecule has 1 saturated heterocycles. The summed E-state index contributed by atoms with van der Waals surface area (Å²) in [4.78, 5) is 42.7. The first-order chi connectivity index (χ1) is 18.0. The summed E-state index contributed by atoms with van der Waals surface area (Å²) in [5.41, 5.74) is 0.538. The van der Waals surface area contributed by atoms with E-state index >= 15 is 0 Å². The molecule has 3 aliphatic rings. The minimum atomic E-state index is -1.12. The average molecular weight is 511 g/mol. The van der Waals surface area contributed by atoms with Gasteiger partial charge in [0, 0.05) is 18.7 Å². The van der Waals surface area contributed by atoms with Crippen molar-refractivity contribution in [3.05, 3.63) is 41.6 Å². The van der Waals surface area contributed by atoms with Crippen molar-refractivity contribution in [2.75, 3.05) is 20.3 Å². The number of carbonyl (C=O) groups excluding carboxylic acids is 3. The van der Waals surface area contributed by atoms with E-state index in [-0.39, 0.29) is 30.8 Å². The summed E-state index contributed by atoms with van der Waals surface area (Å²) >= 11 is 0. The number of fused-ring (bicyclic) bond motifs is 1. The van der Waals surface area contributed by atoms with Gasteiger partial charge in [-0.1, -0.05) is 50.3 Å². The molecule has 0 bridgehead atoms. The van der Waals surface area contributed by atoms with Gasteiger partial charge in [0.25, 0.3) is 0 Å². The van der Waals surface area contributed by atoms with E-state index in [1.54, 1.807) is 18.9 Å². The summed E-state index contributed by atoms with van der Waals surface area (Å²) in [5, 5.41) is 3.09. The van der Waals surface area contributed by atoms with Crippen LogP contribution in [0.15, 0.2) is 36.0 Å². The number of allylic oxidation sites excluding steroid dienone is 1. The van der Waals surface area contributed by atoms with Crippen molar-refractivity contribution in [3.8, 4) is 5.75 Å². The second kappa shape index (κ2) is 12.6. The zero-order chi connectivity index (χ0) is 26.3. The number of benzene rings is 1. The lowest BCUT2D eigenvalue weighted by Gasteiger charge is -2.34. The standard InChI is InChI=1S/C30H42N2O5/c1-3-37-29(35)30-18-10-5-4-9-13-26(30)32(21-23-14-16-24(36-2)17-15-23)28(34)25(30)19-27(33)31-20-22-11-7-6-8-12-22/h13-17,22,25H,3-12,18-21H2,1-2H3,(H,31,33)/b26-13+/t25-,30+/m1/s1. The normalized spacial score (nSPS) is 25.9. The largest absolute Gasteiger partial charge is 0.497 e. The first-order valence-electron chi connectivity index (χ1n) is 14.1. The first-order valence-corrected chi connectivity index (χ1v) is 14.1. The topological polar surface area (TPSA) is 84.9 Å². The molecule has 2 atom stereocenters. The smallest absolute Gasteiger partial charge is 0.318 e. The minimum Gasteiger partial charge on any atom is -0.497 e. The Morgan fingerprint density at radius 1 is 1.05 bits per heavy atom. The van der Waals surface area contributed by atoms with E-state index in [1.807, 2.05) is 24.3 Å². The predicted octanol–water partition coefficient (Wildman–Crippen LogP) is 5.14. The quantitative estimate of drug-likeness (QED) is 0.465. The van der Waals surface area contributed by atoms with Crippen LogP contribution in [-0.2, 0) is 25.7 Å². The van der Waals surface area contributed by atoms with Gasteiger partial charge in [0.1, 0.15) is 11.2 Å². The minimum absolute atomic E-state index is 0.000814. The number of hydrogen-bond donors (Lipinski definition) is 1. The van der Waals surface area contributed by atoms with Crippen LogP contribution in [0.3, 0.4) is 0 Å². The molecule has 1 aliphatic heterocycles. The number of esters is 1. The van der Waals surface area contributed by atoms with Gasteiger partial charge in [0.05, 0.1) is 26.2 Å². The third kappa shape index (κ3) is 6.02. The molecule has 1 heterocycles. The molecular weight excluding hydrogens is 468 g/mol. The Bertz CT molecular complexity index is 982. The highest BCUT2D eigenvalue weighted by molar-refractivity contribution is 5.98. The van der Waals surface area contributed by atoms with Gasteiger partial charge in [-0.25, -0.2) is 0 Å². The lowest BCUT2D eigenvalue weighted by Crippen LogP contribution is -2.43. The number of likely N-dealkylation sites (tertiary alicyclic amines) is 1. The van der Waals surface area contributed by atoms with Gasteiger partial charge in [-0.3, -0.25) is 14.4 Å². The molecule has 0 unspecified atom stereocenters. The summed E-state index contributed by atoms with van der Waals surface area (Å²) in [5.74, 6) is -0.209. The molecule has 7 nitrogen and oxygen atoms in total. The monoisotopic (exact) mass is 510 g/mol. The summed E-state index contributed by atoms with van der Waals surface area (Å²) in [7, 11) is 1.62. The van der Waals surface area contributed by atoms with Crippen LogP contribution < -0.4 is 10.1 Å². The van der Waals surface area contributed by atoms with E-state index < -0.39 is 11.3 Å². The van der Waals surface area contributed by atoms with E-state index in [1.165, 1.54) is 19.3 Å². The van der Waals surface area contributed by atoms with E-state index in [0.717, 1.165) is 55.5 Å². The maximum absolute atomic E-state index is 14.1. The van der Waals surface area contributed by atoms with Crippen molar-refractivity contribution in [2.24, 2.45) is 17.3 Å². The van der Waals surface area contributed by atoms with Crippen LogP contribution >= 0.6 is 0 Å². The highest BCUT2D eigenvalue weighted by Crippen LogP contribution is 2.53. The van der Waals surface area contributed by atoms with E-state index in [0.29, 0.717) is 25.4 Å². The van der Waals surface area contributed by atoms with Crippen LogP contribution in [0.2, 0.25) is 0 Å². The number of methoxy groups -OCH3 is 1. The number of amides is 2. The van der Waals surface area contributed by atoms with Crippen LogP contribution in [-0.4, -0.2) is 42.9 Å². The number of nitrogens with zero attached hydrogens (tertiary/aromatic N) is 1. The fraction of sp³-hybridized carbons (Fsp3) is 0.633. The maximum Gasteiger partial charge on any atom is 0.318 e. The van der Waals surface area contributed by atoms with Crippen molar-refractivity contribution < 1.29 is 23.9 Å². The molecule has 1 N–H and O–H groups in total. The molecular formula is C30H42N2O5. The summed E-state index contributed by atoms with van der Waals surface area (Å²) in [6, 6.07) is 7.62. The van der Waals surface area contributed by atoms with Crippen LogP contribution in [0.1, 0.15) is 83.1 Å². The number of nitrogens with one attached hydrogen (secondary N) is 1. The summed E-state index contributed by atoms with van der Waals surface area (Å²) < 4.78 is 10.9. The van der Waals surface area contributed by atoms with Gasteiger partial charge in [0.2, 0.25) is 11.8 Å². The van der Waals surface area contributed by atoms with E-state index in [2.05, 4.69) is 11.4 Å². The third-order valence-electron chi connectivity index (χ3n) is 8.36. The number of carbonyl (C=O) groups is 3. The molecule has 2 fully saturated rings. The number of ether oxygens (including phenoxy) is 2. The molecule has 2 amide bonds. The Morgan fingerprint density at radius 2 is 1.78 bits per heavy atom. The third-order valence-corrected chi connectivity index (χ3v) is 8.36. The summed E-state index contributed by atoms with van der Waals surface area (Å²) in [6.07, 6.45) is 12.1. The Balaban J connectivity index is 1.63. The van der Waals surface area contributed by atoms with Crippen molar-refractivity contribution >= 4 is 17.8 Å². The van der Waals surface area contributed by atoms with Crippen LogP contribution in [0.25, 0.3) is 0 Å². The van der Waals surface area contributed by atoms with Crippen LogP contribution in [0, 0.1) is 17.3 Å². The van der Waals surface area contributed by atoms with Crippen LogP contribution in [0.4, 0.5) is 0 Å². The molecule has 2 aliphatic carbocycles. The van der Waals surface area contributed by atoms with Gasteiger partial charge in [-0.05, 0) is 62.6 Å². The Hall–Kier alpha value is -2.83. The Kier molecular flexibility index (Phi) is 9.28. The lowest BCUT2D eigenvalue weighted by atomic mass is 9.69. The van der Waals surface area contributed by atoms with Gasteiger partial charge < -0.3 is 19.7 Å². The lowest BCUT2D eigenvalue weighted by molar-refractivity contribution is -0.158. The average Bonchev–Trinajstić information content (AvgIpc) is 3.10. The van der Waals surface area contributed by atoms with Crippen molar-refractivity contribution in [2.45, 2.75) is 84.1 Å². The molecule has 1 saturated carbocycles. The second-order valence-corrected chi connectivity index (χ2v) is 10.7. The van der Waals surface area contributed by atoms with Crippen molar-refractivity contribution in [3.63, 3.8) is 0 Å². The molecule has 0 aromatic heterocycles. The first kappa shape index (κ1) is 27.2.